The zero-order chi connectivity index (χ0) is 21.5. The zero-order valence-electron chi connectivity index (χ0n) is 18.9. The van der Waals surface area contributed by atoms with E-state index < -0.39 is 0 Å². The first-order valence-electron chi connectivity index (χ1n) is 11.5. The molecule has 0 N–H and O–H groups in total. The summed E-state index contributed by atoms with van der Waals surface area (Å²) in [5.74, 6) is 1.09. The summed E-state index contributed by atoms with van der Waals surface area (Å²) >= 11 is 0. The topological polar surface area (TPSA) is 25.8 Å². The van der Waals surface area contributed by atoms with Gasteiger partial charge in [0.1, 0.15) is 0 Å². The number of aromatic nitrogens is 2. The second-order valence-electron chi connectivity index (χ2n) is 9.56. The molecule has 0 unspecified atom stereocenters. The maximum absolute atomic E-state index is 4.88. The summed E-state index contributed by atoms with van der Waals surface area (Å²) in [5, 5.41) is 2.64. The number of rotatable bonds is 4. The Kier molecular flexibility index (Phi) is 5.09. The average molecular weight is 407 g/mol. The van der Waals surface area contributed by atoms with Crippen LogP contribution >= 0.6 is 0 Å². The van der Waals surface area contributed by atoms with E-state index >= 15 is 0 Å². The molecule has 2 aromatic carbocycles. The van der Waals surface area contributed by atoms with Crippen molar-refractivity contribution in [3.05, 3.63) is 83.3 Å². The van der Waals surface area contributed by atoms with E-state index in [4.69, 9.17) is 9.97 Å². The first-order chi connectivity index (χ1) is 15.0. The van der Waals surface area contributed by atoms with Gasteiger partial charge >= 0.3 is 0 Å². The van der Waals surface area contributed by atoms with Gasteiger partial charge in [-0.2, -0.15) is 0 Å². The van der Waals surface area contributed by atoms with Crippen LogP contribution in [0, 0.1) is 5.92 Å². The Morgan fingerprint density at radius 3 is 2.52 bits per heavy atom. The maximum Gasteiger partial charge on any atom is 0.0740 e. The van der Waals surface area contributed by atoms with Gasteiger partial charge in [0.15, 0.2) is 0 Å². The van der Waals surface area contributed by atoms with Gasteiger partial charge in [-0.1, -0.05) is 52.0 Å². The lowest BCUT2D eigenvalue weighted by atomic mass is 9.83. The highest BCUT2D eigenvalue weighted by Crippen LogP contribution is 2.39. The molecule has 0 spiro atoms. The van der Waals surface area contributed by atoms with E-state index in [0.29, 0.717) is 11.8 Å². The van der Waals surface area contributed by atoms with E-state index in [0.717, 1.165) is 25.0 Å². The van der Waals surface area contributed by atoms with Gasteiger partial charge in [-0.05, 0) is 88.4 Å². The highest BCUT2D eigenvalue weighted by Gasteiger charge is 2.22. The number of nitrogens with zero attached hydrogens (tertiary/aromatic N) is 2. The second-order valence-corrected chi connectivity index (χ2v) is 9.56. The van der Waals surface area contributed by atoms with Crippen molar-refractivity contribution in [1.82, 2.24) is 9.97 Å². The molecule has 0 saturated carbocycles. The minimum Gasteiger partial charge on any atom is -0.261 e. The molecule has 2 aromatic heterocycles. The average Bonchev–Trinajstić information content (AvgIpc) is 2.77. The van der Waals surface area contributed by atoms with E-state index in [1.54, 1.807) is 0 Å². The smallest absolute Gasteiger partial charge is 0.0740 e. The lowest BCUT2D eigenvalue weighted by Gasteiger charge is -2.23. The molecule has 1 aliphatic rings. The molecule has 4 aromatic rings. The first-order valence-corrected chi connectivity index (χ1v) is 11.5. The quantitative estimate of drug-likeness (QED) is 0.353. The van der Waals surface area contributed by atoms with Gasteiger partial charge in [-0.3, -0.25) is 9.97 Å². The fourth-order valence-corrected chi connectivity index (χ4v) is 4.99. The fourth-order valence-electron chi connectivity index (χ4n) is 4.99. The lowest BCUT2D eigenvalue weighted by molar-refractivity contribution is 0.634. The summed E-state index contributed by atoms with van der Waals surface area (Å²) in [6.45, 7) is 9.05. The van der Waals surface area contributed by atoms with E-state index in [1.165, 1.54) is 49.8 Å². The molecule has 156 valence electrons. The summed E-state index contributed by atoms with van der Waals surface area (Å²) < 4.78 is 0. The molecule has 0 aliphatic heterocycles. The highest BCUT2D eigenvalue weighted by atomic mass is 14.7. The van der Waals surface area contributed by atoms with E-state index in [1.807, 2.05) is 6.20 Å². The van der Waals surface area contributed by atoms with Gasteiger partial charge in [-0.25, -0.2) is 0 Å². The molecule has 0 atom stereocenters. The molecular formula is C29H30N2. The number of hydrogen-bond acceptors (Lipinski definition) is 2. The predicted octanol–water partition coefficient (Wildman–Crippen LogP) is 7.38. The Balaban J connectivity index is 1.65. The van der Waals surface area contributed by atoms with Crippen molar-refractivity contribution in [1.29, 1.82) is 0 Å². The molecule has 1 aliphatic carbocycles. The second kappa shape index (κ2) is 7.92. The van der Waals surface area contributed by atoms with Gasteiger partial charge < -0.3 is 0 Å². The van der Waals surface area contributed by atoms with Crippen molar-refractivity contribution < 1.29 is 0 Å². The standard InChI is InChI=1S/C29H30N2/c1-18(2)13-23-15-21-9-10-26-25(28(21)17-31-23)11-12-30-29(26)22-14-20-7-5-6-8-24(20)27(16-22)19(3)4/h5-8,11-12,14-19H,9-10,13H2,1-4H3. The minimum absolute atomic E-state index is 0.466. The number of aryl methyl sites for hydroxylation is 1. The molecule has 0 fully saturated rings. The molecule has 31 heavy (non-hydrogen) atoms. The van der Waals surface area contributed by atoms with Gasteiger partial charge in [0.05, 0.1) is 5.69 Å². The van der Waals surface area contributed by atoms with E-state index in [9.17, 15) is 0 Å². The number of benzene rings is 2. The third kappa shape index (κ3) is 3.65. The summed E-state index contributed by atoms with van der Waals surface area (Å²) in [4.78, 5) is 9.67. The Morgan fingerprint density at radius 1 is 0.871 bits per heavy atom. The van der Waals surface area contributed by atoms with Crippen LogP contribution in [0.2, 0.25) is 0 Å². The van der Waals surface area contributed by atoms with E-state index in [-0.39, 0.29) is 0 Å². The summed E-state index contributed by atoms with van der Waals surface area (Å²) in [5.41, 5.74) is 10.3. The van der Waals surface area contributed by atoms with Crippen molar-refractivity contribution in [3.63, 3.8) is 0 Å². The van der Waals surface area contributed by atoms with Crippen LogP contribution in [0.15, 0.2) is 60.9 Å². The van der Waals surface area contributed by atoms with Crippen LogP contribution in [0.1, 0.15) is 56.0 Å². The van der Waals surface area contributed by atoms with Crippen molar-refractivity contribution in [2.24, 2.45) is 5.92 Å². The van der Waals surface area contributed by atoms with Crippen LogP contribution in [0.3, 0.4) is 0 Å². The molecule has 5 rings (SSSR count). The van der Waals surface area contributed by atoms with Crippen LogP contribution in [0.5, 0.6) is 0 Å². The summed E-state index contributed by atoms with van der Waals surface area (Å²) in [6, 6.07) is 17.9. The van der Waals surface area contributed by atoms with Gasteiger partial charge in [0.2, 0.25) is 0 Å². The summed E-state index contributed by atoms with van der Waals surface area (Å²) in [7, 11) is 0. The molecule has 2 heterocycles. The van der Waals surface area contributed by atoms with Crippen LogP contribution in [0.25, 0.3) is 33.2 Å². The van der Waals surface area contributed by atoms with Crippen LogP contribution in [-0.2, 0) is 19.3 Å². The minimum atomic E-state index is 0.466. The maximum atomic E-state index is 4.88. The number of fused-ring (bicyclic) bond motifs is 4. The van der Waals surface area contributed by atoms with Gasteiger partial charge in [0.25, 0.3) is 0 Å². The normalized spacial score (nSPS) is 13.0. The third-order valence-electron chi connectivity index (χ3n) is 6.44. The molecule has 2 heteroatoms. The molecule has 0 saturated heterocycles. The van der Waals surface area contributed by atoms with Crippen molar-refractivity contribution in [2.45, 2.75) is 52.9 Å². The Labute approximate surface area is 185 Å². The lowest BCUT2D eigenvalue weighted by Crippen LogP contribution is -2.09. The van der Waals surface area contributed by atoms with Gasteiger partial charge in [0, 0.05) is 29.2 Å². The highest BCUT2D eigenvalue weighted by molar-refractivity contribution is 5.91. The number of hydrogen-bond donors (Lipinski definition) is 0. The molecule has 0 amide bonds. The Bertz CT molecular complexity index is 1270. The van der Waals surface area contributed by atoms with E-state index in [2.05, 4.69) is 82.4 Å². The monoisotopic (exact) mass is 406 g/mol. The molecular weight excluding hydrogens is 376 g/mol. The Hall–Kier alpha value is -3.00. The predicted molar refractivity (Wildman–Crippen MR) is 130 cm³/mol. The SMILES string of the molecule is CC(C)Cc1cc2c(cn1)-c1ccnc(-c3cc(C(C)C)c4ccccc4c3)c1CC2. The molecule has 2 nitrogen and oxygen atoms in total. The van der Waals surface area contributed by atoms with Gasteiger partial charge in [-0.15, -0.1) is 0 Å². The van der Waals surface area contributed by atoms with Crippen LogP contribution in [0.4, 0.5) is 0 Å². The Morgan fingerprint density at radius 2 is 1.71 bits per heavy atom. The van der Waals surface area contributed by atoms with Crippen molar-refractivity contribution in [2.75, 3.05) is 0 Å². The van der Waals surface area contributed by atoms with Crippen LogP contribution < -0.4 is 0 Å². The fraction of sp³-hybridized carbons (Fsp3) is 0.310. The van der Waals surface area contributed by atoms with Crippen LogP contribution in [-0.4, -0.2) is 9.97 Å². The van der Waals surface area contributed by atoms with Crippen molar-refractivity contribution >= 4 is 10.8 Å². The molecule has 0 radical (unpaired) electrons. The van der Waals surface area contributed by atoms with Crippen molar-refractivity contribution in [3.8, 4) is 22.4 Å². The summed E-state index contributed by atoms with van der Waals surface area (Å²) in [6.07, 6.45) is 7.18. The first kappa shape index (κ1) is 19.9. The zero-order valence-corrected chi connectivity index (χ0v) is 18.9. The largest absolute Gasteiger partial charge is 0.261 e. The third-order valence-corrected chi connectivity index (χ3v) is 6.44. The molecule has 0 bridgehead atoms. The number of pyridine rings is 2.